The van der Waals surface area contributed by atoms with E-state index in [-0.39, 0.29) is 6.03 Å². The van der Waals surface area contributed by atoms with Crippen LogP contribution in [0.25, 0.3) is 0 Å². The molecule has 0 heterocycles. The predicted octanol–water partition coefficient (Wildman–Crippen LogP) is 2.83. The van der Waals surface area contributed by atoms with E-state index in [4.69, 9.17) is 0 Å². The molecule has 1 aliphatic carbocycles. The third kappa shape index (κ3) is 2.78. The summed E-state index contributed by atoms with van der Waals surface area (Å²) in [6.07, 6.45) is 3.62. The molecule has 2 N–H and O–H groups in total. The van der Waals surface area contributed by atoms with Gasteiger partial charge in [0.2, 0.25) is 0 Å². The molecule has 1 aliphatic rings. The van der Waals surface area contributed by atoms with Crippen LogP contribution in [0.3, 0.4) is 0 Å². The van der Waals surface area contributed by atoms with E-state index in [1.54, 1.807) is 0 Å². The second kappa shape index (κ2) is 5.07. The maximum Gasteiger partial charge on any atom is 0.333 e. The van der Waals surface area contributed by atoms with Gasteiger partial charge in [0.15, 0.2) is 0 Å². The van der Waals surface area contributed by atoms with Crippen LogP contribution in [0.15, 0.2) is 23.1 Å². The van der Waals surface area contributed by atoms with E-state index in [1.807, 2.05) is 22.9 Å². The summed E-state index contributed by atoms with van der Waals surface area (Å²) in [5, 5.41) is 0. The van der Waals surface area contributed by atoms with Gasteiger partial charge in [-0.25, -0.2) is 4.79 Å². The number of hydrogen-bond donors (Lipinski definition) is 2. The third-order valence-corrected chi connectivity index (χ3v) is 3.68. The molecule has 2 rings (SSSR count). The van der Waals surface area contributed by atoms with Gasteiger partial charge in [-0.1, -0.05) is 6.07 Å². The Morgan fingerprint density at radius 1 is 1.33 bits per heavy atom. The maximum absolute atomic E-state index is 11.0. The van der Waals surface area contributed by atoms with Gasteiger partial charge >= 0.3 is 6.03 Å². The van der Waals surface area contributed by atoms with Crippen molar-refractivity contribution in [3.63, 3.8) is 0 Å². The molecule has 5 heteroatoms. The average Bonchev–Trinajstić information content (AvgIpc) is 2.72. The molecule has 2 amide bonds. The van der Waals surface area contributed by atoms with Crippen molar-refractivity contribution in [2.45, 2.75) is 24.2 Å². The fourth-order valence-corrected chi connectivity index (χ4v) is 2.65. The monoisotopic (exact) mass is 334 g/mol. The molecule has 0 atom stereocenters. The van der Waals surface area contributed by atoms with Crippen LogP contribution in [-0.2, 0) is 12.8 Å². The highest BCUT2D eigenvalue weighted by atomic mass is 127. The summed E-state index contributed by atoms with van der Waals surface area (Å²) in [4.78, 5) is 12.1. The molecule has 1 aromatic rings. The SMILES string of the molecule is O=C(NI)NSc1ccc2c(c1)CCC2. The zero-order chi connectivity index (χ0) is 10.7. The van der Waals surface area contributed by atoms with Crippen LogP contribution in [0.4, 0.5) is 4.79 Å². The number of aryl methyl sites for hydroxylation is 2. The molecule has 0 aromatic heterocycles. The van der Waals surface area contributed by atoms with E-state index in [9.17, 15) is 4.79 Å². The molecule has 15 heavy (non-hydrogen) atoms. The Morgan fingerprint density at radius 2 is 2.13 bits per heavy atom. The van der Waals surface area contributed by atoms with Crippen molar-refractivity contribution in [2.75, 3.05) is 0 Å². The molecule has 0 bridgehead atoms. The zero-order valence-electron chi connectivity index (χ0n) is 8.05. The number of halogens is 1. The Labute approximate surface area is 107 Å². The maximum atomic E-state index is 11.0. The highest BCUT2D eigenvalue weighted by molar-refractivity contribution is 14.1. The number of nitrogens with one attached hydrogen (secondary N) is 2. The number of benzene rings is 1. The molecule has 0 saturated carbocycles. The van der Waals surface area contributed by atoms with Crippen LogP contribution >= 0.6 is 34.8 Å². The number of amides is 2. The van der Waals surface area contributed by atoms with Crippen LogP contribution < -0.4 is 8.25 Å². The standard InChI is InChI=1S/C10H11IN2OS/c11-12-10(14)13-15-9-5-4-7-2-1-3-8(7)6-9/h4-6H,1-3H2,(H2,12,13,14). The highest BCUT2D eigenvalue weighted by Gasteiger charge is 2.11. The molecule has 80 valence electrons. The highest BCUT2D eigenvalue weighted by Crippen LogP contribution is 2.26. The number of rotatable bonds is 2. The number of urea groups is 1. The van der Waals surface area contributed by atoms with Gasteiger partial charge in [-0.15, -0.1) is 0 Å². The molecule has 0 unspecified atom stereocenters. The van der Waals surface area contributed by atoms with E-state index in [2.05, 4.69) is 26.5 Å². The van der Waals surface area contributed by atoms with Crippen LogP contribution in [0, 0.1) is 0 Å². The summed E-state index contributed by atoms with van der Waals surface area (Å²) in [6.45, 7) is 0. The van der Waals surface area contributed by atoms with Crippen molar-refractivity contribution in [2.24, 2.45) is 0 Å². The molecule has 0 aliphatic heterocycles. The molecule has 1 aromatic carbocycles. The quantitative estimate of drug-likeness (QED) is 0.496. The first-order chi connectivity index (χ1) is 7.29. The second-order valence-electron chi connectivity index (χ2n) is 3.41. The lowest BCUT2D eigenvalue weighted by molar-refractivity contribution is 0.252. The summed E-state index contributed by atoms with van der Waals surface area (Å²) in [6, 6.07) is 6.21. The summed E-state index contributed by atoms with van der Waals surface area (Å²) in [5.74, 6) is 0. The van der Waals surface area contributed by atoms with Gasteiger partial charge in [-0.2, -0.15) is 0 Å². The number of carbonyl (C=O) groups excluding carboxylic acids is 1. The van der Waals surface area contributed by atoms with Gasteiger partial charge in [0.25, 0.3) is 0 Å². The van der Waals surface area contributed by atoms with E-state index in [1.165, 1.54) is 42.3 Å². The summed E-state index contributed by atoms with van der Waals surface area (Å²) in [5.41, 5.74) is 2.88. The van der Waals surface area contributed by atoms with Crippen LogP contribution in [0.1, 0.15) is 17.5 Å². The van der Waals surface area contributed by atoms with Gasteiger partial charge < -0.3 is 0 Å². The minimum Gasteiger partial charge on any atom is -0.280 e. The Bertz CT molecular complexity index is 384. The normalized spacial score (nSPS) is 13.4. The van der Waals surface area contributed by atoms with E-state index < -0.39 is 0 Å². The van der Waals surface area contributed by atoms with E-state index >= 15 is 0 Å². The van der Waals surface area contributed by atoms with Gasteiger partial charge in [0.1, 0.15) is 0 Å². The number of hydrogen-bond acceptors (Lipinski definition) is 2. The predicted molar refractivity (Wildman–Crippen MR) is 70.0 cm³/mol. The fraction of sp³-hybridized carbons (Fsp3) is 0.300. The van der Waals surface area contributed by atoms with Crippen molar-refractivity contribution in [3.8, 4) is 0 Å². The first kappa shape index (κ1) is 11.1. The number of carbonyl (C=O) groups is 1. The van der Waals surface area contributed by atoms with E-state index in [0.29, 0.717) is 0 Å². The van der Waals surface area contributed by atoms with Gasteiger partial charge in [-0.3, -0.25) is 8.25 Å². The summed E-state index contributed by atoms with van der Waals surface area (Å²) >= 11 is 3.16. The average molecular weight is 334 g/mol. The van der Waals surface area contributed by atoms with Gasteiger partial charge in [-0.05, 0) is 54.5 Å². The number of fused-ring (bicyclic) bond motifs is 1. The van der Waals surface area contributed by atoms with Crippen molar-refractivity contribution in [1.82, 2.24) is 8.25 Å². The van der Waals surface area contributed by atoms with Crippen LogP contribution in [-0.4, -0.2) is 6.03 Å². The van der Waals surface area contributed by atoms with Crippen molar-refractivity contribution in [1.29, 1.82) is 0 Å². The lowest BCUT2D eigenvalue weighted by Crippen LogP contribution is -2.22. The molecule has 3 nitrogen and oxygen atoms in total. The summed E-state index contributed by atoms with van der Waals surface area (Å²) in [7, 11) is 0. The Morgan fingerprint density at radius 3 is 2.93 bits per heavy atom. The van der Waals surface area contributed by atoms with Crippen molar-refractivity contribution in [3.05, 3.63) is 29.3 Å². The smallest absolute Gasteiger partial charge is 0.280 e. The fourth-order valence-electron chi connectivity index (χ4n) is 1.74. The third-order valence-electron chi connectivity index (χ3n) is 2.42. The Balaban J connectivity index is 2.01. The van der Waals surface area contributed by atoms with Crippen LogP contribution in [0.2, 0.25) is 0 Å². The van der Waals surface area contributed by atoms with Gasteiger partial charge in [0.05, 0.1) is 22.9 Å². The first-order valence-corrected chi connectivity index (χ1v) is 6.64. The minimum atomic E-state index is -0.180. The molecule has 0 spiro atoms. The van der Waals surface area contributed by atoms with Crippen molar-refractivity contribution >= 4 is 40.8 Å². The summed E-state index contributed by atoms with van der Waals surface area (Å²) < 4.78 is 5.19. The van der Waals surface area contributed by atoms with Gasteiger partial charge in [0, 0.05) is 4.90 Å². The molecular weight excluding hydrogens is 323 g/mol. The molecule has 0 radical (unpaired) electrons. The lowest BCUT2D eigenvalue weighted by atomic mass is 10.1. The topological polar surface area (TPSA) is 41.1 Å². The largest absolute Gasteiger partial charge is 0.333 e. The second-order valence-corrected chi connectivity index (χ2v) is 4.83. The van der Waals surface area contributed by atoms with Crippen molar-refractivity contribution < 1.29 is 4.79 Å². The zero-order valence-corrected chi connectivity index (χ0v) is 11.0. The lowest BCUT2D eigenvalue weighted by Gasteiger charge is -2.04. The molecule has 0 saturated heterocycles. The molecule has 0 fully saturated rings. The first-order valence-electron chi connectivity index (χ1n) is 4.75. The Hall–Kier alpha value is -0.430. The molecular formula is C10H11IN2OS. The van der Waals surface area contributed by atoms with E-state index in [0.717, 1.165) is 4.90 Å². The minimum absolute atomic E-state index is 0.180. The van der Waals surface area contributed by atoms with Crippen LogP contribution in [0.5, 0.6) is 0 Å². The Kier molecular flexibility index (Phi) is 3.74.